The third kappa shape index (κ3) is 3.00. The minimum absolute atomic E-state index is 0.00433. The lowest BCUT2D eigenvalue weighted by Gasteiger charge is -2.54. The summed E-state index contributed by atoms with van der Waals surface area (Å²) < 4.78 is 0. The second kappa shape index (κ2) is 6.53. The summed E-state index contributed by atoms with van der Waals surface area (Å²) in [5, 5.41) is 13.1. The average Bonchev–Trinajstić information content (AvgIpc) is 3.04. The molecular formula is C20H24ClN3O. The Hall–Kier alpha value is -1.73. The van der Waals surface area contributed by atoms with Gasteiger partial charge in [-0.15, -0.1) is 0 Å². The van der Waals surface area contributed by atoms with Gasteiger partial charge in [0.15, 0.2) is 0 Å². The number of nitrogens with one attached hydrogen (secondary N) is 1. The van der Waals surface area contributed by atoms with Crippen LogP contribution in [0.3, 0.4) is 0 Å². The lowest BCUT2D eigenvalue weighted by molar-refractivity contribution is -0.00601. The molecule has 1 N–H and O–H groups in total. The van der Waals surface area contributed by atoms with E-state index >= 15 is 0 Å². The summed E-state index contributed by atoms with van der Waals surface area (Å²) >= 11 is 6.40. The first-order chi connectivity index (χ1) is 12.1. The van der Waals surface area contributed by atoms with Crippen LogP contribution >= 0.6 is 11.6 Å². The van der Waals surface area contributed by atoms with Gasteiger partial charge < -0.3 is 10.2 Å². The molecular weight excluding hydrogens is 334 g/mol. The summed E-state index contributed by atoms with van der Waals surface area (Å²) in [5.41, 5.74) is 1.78. The van der Waals surface area contributed by atoms with Crippen LogP contribution < -0.4 is 5.32 Å². The average molecular weight is 358 g/mol. The molecule has 1 aromatic rings. The van der Waals surface area contributed by atoms with Gasteiger partial charge in [-0.25, -0.2) is 4.79 Å². The van der Waals surface area contributed by atoms with E-state index in [0.717, 1.165) is 55.7 Å². The van der Waals surface area contributed by atoms with E-state index in [0.29, 0.717) is 17.1 Å². The van der Waals surface area contributed by atoms with Crippen LogP contribution in [0.25, 0.3) is 0 Å². The third-order valence-corrected chi connectivity index (χ3v) is 6.59. The van der Waals surface area contributed by atoms with Gasteiger partial charge in [0.2, 0.25) is 0 Å². The molecule has 4 nitrogen and oxygen atoms in total. The largest absolute Gasteiger partial charge is 0.322 e. The topological polar surface area (TPSA) is 56.1 Å². The van der Waals surface area contributed by atoms with Crippen molar-refractivity contribution < 1.29 is 4.79 Å². The highest BCUT2D eigenvalue weighted by Crippen LogP contribution is 2.43. The van der Waals surface area contributed by atoms with Gasteiger partial charge in [0.1, 0.15) is 0 Å². The summed E-state index contributed by atoms with van der Waals surface area (Å²) in [4.78, 5) is 14.7. The molecule has 4 atom stereocenters. The van der Waals surface area contributed by atoms with Crippen molar-refractivity contribution in [3.8, 4) is 6.07 Å². The molecule has 25 heavy (non-hydrogen) atoms. The number of rotatable bonds is 2. The molecule has 4 aliphatic rings. The lowest BCUT2D eigenvalue weighted by atomic mass is 9.74. The molecule has 4 fully saturated rings. The van der Waals surface area contributed by atoms with Crippen molar-refractivity contribution in [1.82, 2.24) is 4.90 Å². The number of halogens is 1. The predicted octanol–water partition coefficient (Wildman–Crippen LogP) is 5.15. The maximum Gasteiger partial charge on any atom is 0.322 e. The number of urea groups is 1. The Kier molecular flexibility index (Phi) is 4.37. The van der Waals surface area contributed by atoms with Crippen LogP contribution in [-0.4, -0.2) is 23.0 Å². The van der Waals surface area contributed by atoms with Gasteiger partial charge in [0.25, 0.3) is 0 Å². The predicted molar refractivity (Wildman–Crippen MR) is 98.6 cm³/mol. The summed E-state index contributed by atoms with van der Waals surface area (Å²) in [5.74, 6) is 0.929. The van der Waals surface area contributed by atoms with Crippen LogP contribution in [-0.2, 0) is 0 Å². The fourth-order valence-corrected chi connectivity index (χ4v) is 5.32. The third-order valence-electron chi connectivity index (χ3n) is 6.24. The van der Waals surface area contributed by atoms with Gasteiger partial charge in [-0.3, -0.25) is 0 Å². The Morgan fingerprint density at radius 3 is 2.76 bits per heavy atom. The smallest absolute Gasteiger partial charge is 0.318 e. The van der Waals surface area contributed by atoms with Crippen molar-refractivity contribution >= 4 is 23.3 Å². The van der Waals surface area contributed by atoms with Crippen molar-refractivity contribution in [2.24, 2.45) is 11.8 Å². The molecule has 2 saturated heterocycles. The molecule has 2 bridgehead atoms. The first-order valence-electron chi connectivity index (χ1n) is 9.35. The number of hydrogen-bond donors (Lipinski definition) is 1. The maximum atomic E-state index is 12.7. The van der Waals surface area contributed by atoms with Gasteiger partial charge in [0.05, 0.1) is 12.0 Å². The minimum atomic E-state index is 0.00433. The minimum Gasteiger partial charge on any atom is -0.318 e. The fraction of sp³-hybridized carbons (Fsp3) is 0.600. The second-order valence-corrected chi connectivity index (χ2v) is 8.37. The highest BCUT2D eigenvalue weighted by molar-refractivity contribution is 6.31. The molecule has 0 aromatic heterocycles. The summed E-state index contributed by atoms with van der Waals surface area (Å²) in [6, 6.07) is 8.90. The van der Waals surface area contributed by atoms with Gasteiger partial charge in [-0.2, -0.15) is 5.26 Å². The fourth-order valence-electron chi connectivity index (χ4n) is 5.06. The quantitative estimate of drug-likeness (QED) is 0.795. The number of amides is 2. The number of piperidine rings is 1. The number of fused-ring (bicyclic) bond motifs is 2. The highest BCUT2D eigenvalue weighted by Gasteiger charge is 2.46. The number of carbonyl (C=O) groups excluding carboxylic acids is 1. The number of carbonyl (C=O) groups is 1. The summed E-state index contributed by atoms with van der Waals surface area (Å²) in [6.45, 7) is 2.27. The Morgan fingerprint density at radius 1 is 1.28 bits per heavy atom. The number of benzene rings is 1. The molecule has 5 rings (SSSR count). The zero-order chi connectivity index (χ0) is 17.6. The summed E-state index contributed by atoms with van der Waals surface area (Å²) in [6.07, 6.45) is 6.36. The van der Waals surface area contributed by atoms with Crippen LogP contribution in [0.2, 0.25) is 5.02 Å². The monoisotopic (exact) mass is 357 g/mol. The normalized spacial score (nSPS) is 33.5. The van der Waals surface area contributed by atoms with E-state index in [9.17, 15) is 10.1 Å². The zero-order valence-electron chi connectivity index (χ0n) is 14.5. The van der Waals surface area contributed by atoms with Gasteiger partial charge in [-0.05, 0) is 61.8 Å². The molecule has 0 radical (unpaired) electrons. The van der Waals surface area contributed by atoms with E-state index in [4.69, 9.17) is 11.6 Å². The number of anilines is 1. The first-order valence-corrected chi connectivity index (χ1v) is 9.73. The molecule has 2 heterocycles. The van der Waals surface area contributed by atoms with E-state index in [-0.39, 0.29) is 17.9 Å². The first kappa shape index (κ1) is 16.7. The van der Waals surface area contributed by atoms with Crippen LogP contribution in [0.5, 0.6) is 0 Å². The van der Waals surface area contributed by atoms with Crippen molar-refractivity contribution in [2.75, 3.05) is 5.32 Å². The van der Waals surface area contributed by atoms with E-state index < -0.39 is 0 Å². The maximum absolute atomic E-state index is 12.7. The Labute approximate surface area is 154 Å². The van der Waals surface area contributed by atoms with E-state index in [2.05, 4.69) is 18.3 Å². The Morgan fingerprint density at radius 2 is 2.04 bits per heavy atom. The van der Waals surface area contributed by atoms with E-state index in [1.54, 1.807) is 0 Å². The molecule has 2 saturated carbocycles. The number of nitrogens with zero attached hydrogens (tertiary/aromatic N) is 2. The van der Waals surface area contributed by atoms with Crippen LogP contribution in [0.4, 0.5) is 10.5 Å². The highest BCUT2D eigenvalue weighted by atomic mass is 35.5. The molecule has 2 aliphatic heterocycles. The SMILES string of the molecule is CC1CC2CC(C1)N2C(=O)Nc1ccc(Cl)c(C2CCCC2C#N)c1. The standard InChI is InChI=1S/C20H24ClN3O/c1-12-7-15-10-16(8-12)24(15)20(25)23-14-5-6-19(21)18(9-14)17-4-2-3-13(17)11-22/h5-6,9,12-13,15-17H,2-4,7-8,10H2,1H3,(H,23,25). The van der Waals surface area contributed by atoms with Crippen LogP contribution in [0, 0.1) is 23.2 Å². The molecule has 4 unspecified atom stereocenters. The molecule has 0 spiro atoms. The van der Waals surface area contributed by atoms with Gasteiger partial charge in [-0.1, -0.05) is 24.9 Å². The molecule has 132 valence electrons. The second-order valence-electron chi connectivity index (χ2n) is 7.97. The molecule has 2 amide bonds. The Bertz CT molecular complexity index is 716. The van der Waals surface area contributed by atoms with Crippen molar-refractivity contribution in [1.29, 1.82) is 5.26 Å². The number of hydrogen-bond acceptors (Lipinski definition) is 2. The van der Waals surface area contributed by atoms with E-state index in [1.165, 1.54) is 0 Å². The van der Waals surface area contributed by atoms with Crippen molar-refractivity contribution in [3.63, 3.8) is 0 Å². The van der Waals surface area contributed by atoms with Gasteiger partial charge >= 0.3 is 6.03 Å². The van der Waals surface area contributed by atoms with Gasteiger partial charge in [0, 0.05) is 28.7 Å². The summed E-state index contributed by atoms with van der Waals surface area (Å²) in [7, 11) is 0. The number of nitriles is 1. The molecule has 1 aromatic carbocycles. The van der Waals surface area contributed by atoms with Crippen molar-refractivity contribution in [3.05, 3.63) is 28.8 Å². The lowest BCUT2D eigenvalue weighted by Crippen LogP contribution is -2.63. The van der Waals surface area contributed by atoms with Crippen LogP contribution in [0.1, 0.15) is 56.9 Å². The van der Waals surface area contributed by atoms with Crippen LogP contribution in [0.15, 0.2) is 18.2 Å². The van der Waals surface area contributed by atoms with E-state index in [1.807, 2.05) is 23.1 Å². The van der Waals surface area contributed by atoms with Crippen molar-refractivity contribution in [2.45, 2.75) is 63.5 Å². The zero-order valence-corrected chi connectivity index (χ0v) is 15.3. The molecule has 5 heteroatoms. The Balaban J connectivity index is 1.49. The molecule has 2 aliphatic carbocycles.